The molecule has 0 aliphatic rings. The normalized spacial score (nSPS) is 11.9. The van der Waals surface area contributed by atoms with Crippen LogP contribution in [0, 0.1) is 0 Å². The topological polar surface area (TPSA) is 144 Å². The van der Waals surface area contributed by atoms with Gasteiger partial charge in [-0.05, 0) is 49.9 Å². The van der Waals surface area contributed by atoms with Crippen LogP contribution in [0.5, 0.6) is 11.5 Å². The van der Waals surface area contributed by atoms with Gasteiger partial charge in [0.1, 0.15) is 33.8 Å². The third-order valence-corrected chi connectivity index (χ3v) is 6.06. The number of benzene rings is 2. The number of aromatic hydroxyl groups is 2. The third-order valence-electron chi connectivity index (χ3n) is 6.06. The molecule has 0 aliphatic heterocycles. The monoisotopic (exact) mass is 548 g/mol. The number of nitrogens with zero attached hydrogens (tertiary/aromatic N) is 2. The van der Waals surface area contributed by atoms with Crippen molar-refractivity contribution in [3.63, 3.8) is 0 Å². The van der Waals surface area contributed by atoms with E-state index in [-0.39, 0.29) is 22.6 Å². The van der Waals surface area contributed by atoms with Crippen LogP contribution in [0.4, 0.5) is 0 Å². The SMILES string of the molecule is O=c1oc2ccccc2c(O)c1C=NCCCOCCCCOCCCN=Cc1c(O)c2ccccc2oc1=O. The summed E-state index contributed by atoms with van der Waals surface area (Å²) in [5.74, 6) is -0.255. The number of ether oxygens (including phenoxy) is 2. The molecule has 210 valence electrons. The van der Waals surface area contributed by atoms with E-state index >= 15 is 0 Å². The van der Waals surface area contributed by atoms with Crippen molar-refractivity contribution >= 4 is 34.4 Å². The lowest BCUT2D eigenvalue weighted by atomic mass is 10.1. The van der Waals surface area contributed by atoms with Crippen molar-refractivity contribution in [3.05, 3.63) is 80.5 Å². The Labute approximate surface area is 230 Å². The number of unbranched alkanes of at least 4 members (excludes halogenated alkanes) is 1. The van der Waals surface area contributed by atoms with E-state index in [1.807, 2.05) is 0 Å². The van der Waals surface area contributed by atoms with Gasteiger partial charge >= 0.3 is 11.3 Å². The molecule has 0 amide bonds. The Bertz CT molecular complexity index is 1470. The fourth-order valence-electron chi connectivity index (χ4n) is 3.96. The highest BCUT2D eigenvalue weighted by atomic mass is 16.5. The van der Waals surface area contributed by atoms with Gasteiger partial charge in [0, 0.05) is 51.9 Å². The molecule has 10 heteroatoms. The van der Waals surface area contributed by atoms with Crippen molar-refractivity contribution in [1.82, 2.24) is 0 Å². The van der Waals surface area contributed by atoms with Crippen LogP contribution in [-0.2, 0) is 9.47 Å². The quantitative estimate of drug-likeness (QED) is 0.126. The van der Waals surface area contributed by atoms with Crippen molar-refractivity contribution in [2.45, 2.75) is 25.7 Å². The predicted octanol–water partition coefficient (Wildman–Crippen LogP) is 4.44. The molecule has 4 rings (SSSR count). The average molecular weight is 549 g/mol. The van der Waals surface area contributed by atoms with Crippen molar-refractivity contribution in [3.8, 4) is 11.5 Å². The lowest BCUT2D eigenvalue weighted by Crippen LogP contribution is -2.07. The second kappa shape index (κ2) is 14.8. The van der Waals surface area contributed by atoms with Crippen LogP contribution >= 0.6 is 0 Å². The first-order valence-electron chi connectivity index (χ1n) is 13.2. The van der Waals surface area contributed by atoms with Gasteiger partial charge in [0.2, 0.25) is 0 Å². The summed E-state index contributed by atoms with van der Waals surface area (Å²) in [7, 11) is 0. The van der Waals surface area contributed by atoms with Crippen LogP contribution in [-0.4, -0.2) is 62.2 Å². The molecular formula is C30H32N2O8. The Balaban J connectivity index is 1.02. The van der Waals surface area contributed by atoms with Crippen LogP contribution in [0.25, 0.3) is 21.9 Å². The summed E-state index contributed by atoms with van der Waals surface area (Å²) in [5.41, 5.74) is -0.488. The Kier molecular flexibility index (Phi) is 10.6. The van der Waals surface area contributed by atoms with Gasteiger partial charge in [-0.1, -0.05) is 24.3 Å². The van der Waals surface area contributed by atoms with Crippen LogP contribution in [0.1, 0.15) is 36.8 Å². The largest absolute Gasteiger partial charge is 0.506 e. The molecule has 0 saturated carbocycles. The highest BCUT2D eigenvalue weighted by molar-refractivity contribution is 5.94. The summed E-state index contributed by atoms with van der Waals surface area (Å²) >= 11 is 0. The molecule has 10 nitrogen and oxygen atoms in total. The highest BCUT2D eigenvalue weighted by Gasteiger charge is 2.12. The molecule has 0 radical (unpaired) electrons. The Morgan fingerprint density at radius 3 is 1.48 bits per heavy atom. The number of fused-ring (bicyclic) bond motifs is 2. The zero-order chi connectivity index (χ0) is 28.2. The van der Waals surface area contributed by atoms with E-state index in [1.165, 1.54) is 12.4 Å². The molecule has 0 atom stereocenters. The summed E-state index contributed by atoms with van der Waals surface area (Å²) in [6.45, 7) is 3.24. The third kappa shape index (κ3) is 7.64. The Hall–Kier alpha value is -4.28. The molecule has 2 N–H and O–H groups in total. The first-order valence-corrected chi connectivity index (χ1v) is 13.2. The molecule has 0 bridgehead atoms. The molecule has 0 spiro atoms. The first kappa shape index (κ1) is 28.7. The van der Waals surface area contributed by atoms with Gasteiger partial charge < -0.3 is 28.5 Å². The van der Waals surface area contributed by atoms with Crippen molar-refractivity contribution in [1.29, 1.82) is 0 Å². The van der Waals surface area contributed by atoms with Crippen molar-refractivity contribution in [2.24, 2.45) is 9.98 Å². The molecule has 0 fully saturated rings. The van der Waals surface area contributed by atoms with E-state index in [1.54, 1.807) is 48.5 Å². The minimum Gasteiger partial charge on any atom is -0.506 e. The van der Waals surface area contributed by atoms with Crippen LogP contribution in [0.15, 0.2) is 76.9 Å². The summed E-state index contributed by atoms with van der Waals surface area (Å²) < 4.78 is 21.6. The van der Waals surface area contributed by atoms with E-state index in [9.17, 15) is 19.8 Å². The van der Waals surface area contributed by atoms with E-state index in [0.717, 1.165) is 12.8 Å². The van der Waals surface area contributed by atoms with Gasteiger partial charge in [-0.2, -0.15) is 0 Å². The molecule has 0 unspecified atom stereocenters. The smallest absolute Gasteiger partial charge is 0.348 e. The number of rotatable bonds is 15. The summed E-state index contributed by atoms with van der Waals surface area (Å²) in [5, 5.41) is 21.6. The van der Waals surface area contributed by atoms with Gasteiger partial charge in [-0.15, -0.1) is 0 Å². The van der Waals surface area contributed by atoms with Crippen LogP contribution < -0.4 is 11.3 Å². The summed E-state index contributed by atoms with van der Waals surface area (Å²) in [6, 6.07) is 13.6. The molecule has 2 aromatic carbocycles. The van der Waals surface area contributed by atoms with Crippen molar-refractivity contribution in [2.75, 3.05) is 39.5 Å². The maximum absolute atomic E-state index is 12.1. The standard InChI is InChI=1S/C30H32N2O8/c33-27-21-9-1-3-11-25(21)39-29(35)23(27)19-31-13-7-17-37-15-5-6-16-38-18-8-14-32-20-24-28(34)22-10-2-4-12-26(22)40-30(24)36/h1-4,9-12,19-20,33-34H,5-8,13-18H2. The molecule has 0 saturated heterocycles. The number of para-hydroxylation sites is 2. The van der Waals surface area contributed by atoms with E-state index in [4.69, 9.17) is 18.3 Å². The zero-order valence-electron chi connectivity index (χ0n) is 22.1. The molecule has 40 heavy (non-hydrogen) atoms. The fourth-order valence-corrected chi connectivity index (χ4v) is 3.96. The number of aliphatic imine (C=N–C) groups is 2. The number of hydrogen-bond donors (Lipinski definition) is 2. The van der Waals surface area contributed by atoms with Gasteiger partial charge in [0.05, 0.1) is 10.8 Å². The van der Waals surface area contributed by atoms with Gasteiger partial charge in [0.15, 0.2) is 0 Å². The Morgan fingerprint density at radius 2 is 1.02 bits per heavy atom. The molecular weight excluding hydrogens is 516 g/mol. The van der Waals surface area contributed by atoms with Crippen LogP contribution in [0.3, 0.4) is 0 Å². The van der Waals surface area contributed by atoms with E-state index < -0.39 is 11.3 Å². The average Bonchev–Trinajstić information content (AvgIpc) is 2.95. The molecule has 2 heterocycles. The molecule has 4 aromatic rings. The minimum absolute atomic E-state index is 0.0446. The zero-order valence-corrected chi connectivity index (χ0v) is 22.1. The second-order valence-corrected chi connectivity index (χ2v) is 9.01. The van der Waals surface area contributed by atoms with Gasteiger partial charge in [-0.25, -0.2) is 9.59 Å². The maximum Gasteiger partial charge on any atom is 0.348 e. The van der Waals surface area contributed by atoms with E-state index in [0.29, 0.717) is 74.3 Å². The second-order valence-electron chi connectivity index (χ2n) is 9.01. The minimum atomic E-state index is -0.624. The molecule has 0 aliphatic carbocycles. The maximum atomic E-state index is 12.1. The van der Waals surface area contributed by atoms with Crippen LogP contribution in [0.2, 0.25) is 0 Å². The first-order chi connectivity index (χ1) is 19.6. The fraction of sp³-hybridized carbons (Fsp3) is 0.333. The van der Waals surface area contributed by atoms with E-state index in [2.05, 4.69) is 9.98 Å². The van der Waals surface area contributed by atoms with Gasteiger partial charge in [0.25, 0.3) is 0 Å². The lowest BCUT2D eigenvalue weighted by molar-refractivity contribution is 0.102. The number of hydrogen-bond acceptors (Lipinski definition) is 10. The van der Waals surface area contributed by atoms with Gasteiger partial charge in [-0.3, -0.25) is 9.98 Å². The Morgan fingerprint density at radius 1 is 0.625 bits per heavy atom. The highest BCUT2D eigenvalue weighted by Crippen LogP contribution is 2.25. The lowest BCUT2D eigenvalue weighted by Gasteiger charge is -2.05. The summed E-state index contributed by atoms with van der Waals surface area (Å²) in [4.78, 5) is 32.5. The molecule has 2 aromatic heterocycles. The predicted molar refractivity (Wildman–Crippen MR) is 153 cm³/mol. The van der Waals surface area contributed by atoms with Crippen molar-refractivity contribution < 1.29 is 28.5 Å². The summed E-state index contributed by atoms with van der Waals surface area (Å²) in [6.07, 6.45) is 5.80.